The van der Waals surface area contributed by atoms with Crippen LogP contribution >= 0.6 is 0 Å². The van der Waals surface area contributed by atoms with Gasteiger partial charge in [0.2, 0.25) is 0 Å². The second-order valence-electron chi connectivity index (χ2n) is 5.45. The van der Waals surface area contributed by atoms with Gasteiger partial charge in [-0.1, -0.05) is 49.1 Å². The highest BCUT2D eigenvalue weighted by Gasteiger charge is 2.12. The molecule has 0 unspecified atom stereocenters. The summed E-state index contributed by atoms with van der Waals surface area (Å²) >= 11 is 0. The predicted molar refractivity (Wildman–Crippen MR) is 74.3 cm³/mol. The largest absolute Gasteiger partial charge is 0.316 e. The fraction of sp³-hybridized carbons (Fsp3) is 0.625. The highest BCUT2D eigenvalue weighted by atomic mass is 14.9. The van der Waals surface area contributed by atoms with E-state index in [9.17, 15) is 0 Å². The molecule has 1 nitrogen and oxygen atoms in total. The zero-order valence-electron chi connectivity index (χ0n) is 11.0. The van der Waals surface area contributed by atoms with E-state index in [1.165, 1.54) is 49.8 Å². The molecule has 1 saturated carbocycles. The van der Waals surface area contributed by atoms with Crippen LogP contribution in [0.4, 0.5) is 0 Å². The van der Waals surface area contributed by atoms with Crippen molar-refractivity contribution in [2.45, 2.75) is 45.4 Å². The molecule has 1 heteroatoms. The van der Waals surface area contributed by atoms with Gasteiger partial charge in [0.05, 0.1) is 0 Å². The van der Waals surface area contributed by atoms with Gasteiger partial charge in [-0.25, -0.2) is 0 Å². The third-order valence-electron chi connectivity index (χ3n) is 3.83. The lowest BCUT2D eigenvalue weighted by molar-refractivity contribution is 0.343. The first-order chi connectivity index (χ1) is 8.34. The van der Waals surface area contributed by atoms with Crippen LogP contribution < -0.4 is 5.32 Å². The predicted octanol–water partition coefficient (Wildman–Crippen LogP) is 3.71. The fourth-order valence-electron chi connectivity index (χ4n) is 2.80. The van der Waals surface area contributed by atoms with Crippen molar-refractivity contribution in [3.8, 4) is 0 Å². The Morgan fingerprint density at radius 2 is 2.00 bits per heavy atom. The van der Waals surface area contributed by atoms with Gasteiger partial charge in [-0.3, -0.25) is 0 Å². The Labute approximate surface area is 106 Å². The number of aryl methyl sites for hydroxylation is 1. The molecule has 1 N–H and O–H groups in total. The average Bonchev–Trinajstić information content (AvgIpc) is 2.36. The number of hydrogen-bond acceptors (Lipinski definition) is 1. The number of benzene rings is 1. The van der Waals surface area contributed by atoms with E-state index < -0.39 is 0 Å². The van der Waals surface area contributed by atoms with Crippen LogP contribution in [-0.2, 0) is 6.42 Å². The molecule has 1 aliphatic rings. The molecule has 0 saturated heterocycles. The average molecular weight is 231 g/mol. The molecule has 0 aliphatic heterocycles. The molecule has 0 amide bonds. The summed E-state index contributed by atoms with van der Waals surface area (Å²) in [5.41, 5.74) is 2.83. The number of rotatable bonds is 5. The molecule has 0 heterocycles. The second kappa shape index (κ2) is 6.80. The Kier molecular flexibility index (Phi) is 5.06. The van der Waals surface area contributed by atoms with Crippen LogP contribution in [-0.4, -0.2) is 13.1 Å². The molecule has 1 aromatic rings. The summed E-state index contributed by atoms with van der Waals surface area (Å²) in [5, 5.41) is 3.62. The van der Waals surface area contributed by atoms with Crippen LogP contribution in [0.2, 0.25) is 0 Å². The Morgan fingerprint density at radius 1 is 1.18 bits per heavy atom. The van der Waals surface area contributed by atoms with Gasteiger partial charge in [-0.2, -0.15) is 0 Å². The quantitative estimate of drug-likeness (QED) is 0.762. The summed E-state index contributed by atoms with van der Waals surface area (Å²) in [6, 6.07) is 8.85. The summed E-state index contributed by atoms with van der Waals surface area (Å²) in [6.45, 7) is 4.52. The van der Waals surface area contributed by atoms with Crippen LogP contribution in [0.1, 0.15) is 43.2 Å². The lowest BCUT2D eigenvalue weighted by Crippen LogP contribution is -2.26. The molecule has 0 radical (unpaired) electrons. The monoisotopic (exact) mass is 231 g/mol. The zero-order valence-corrected chi connectivity index (χ0v) is 11.0. The van der Waals surface area contributed by atoms with Gasteiger partial charge in [0.1, 0.15) is 0 Å². The molecule has 2 rings (SSSR count). The molecule has 1 fully saturated rings. The van der Waals surface area contributed by atoms with Crippen molar-refractivity contribution in [1.82, 2.24) is 5.32 Å². The Bertz CT molecular complexity index is 326. The maximum atomic E-state index is 3.62. The summed E-state index contributed by atoms with van der Waals surface area (Å²) in [5.74, 6) is 0.946. The minimum Gasteiger partial charge on any atom is -0.316 e. The van der Waals surface area contributed by atoms with Gasteiger partial charge in [-0.15, -0.1) is 0 Å². The highest BCUT2D eigenvalue weighted by molar-refractivity contribution is 5.22. The van der Waals surface area contributed by atoms with Crippen molar-refractivity contribution in [2.75, 3.05) is 13.1 Å². The Balaban J connectivity index is 1.62. The third kappa shape index (κ3) is 4.51. The van der Waals surface area contributed by atoms with Gasteiger partial charge in [-0.05, 0) is 50.8 Å². The summed E-state index contributed by atoms with van der Waals surface area (Å²) < 4.78 is 0. The molecule has 94 valence electrons. The lowest BCUT2D eigenvalue weighted by Gasteiger charge is -2.21. The van der Waals surface area contributed by atoms with Crippen LogP contribution in [0.5, 0.6) is 0 Å². The summed E-state index contributed by atoms with van der Waals surface area (Å²) in [6.07, 6.45) is 8.40. The number of hydrogen-bond donors (Lipinski definition) is 1. The first kappa shape index (κ1) is 12.6. The van der Waals surface area contributed by atoms with Gasteiger partial charge in [0, 0.05) is 0 Å². The Morgan fingerprint density at radius 3 is 2.76 bits per heavy atom. The second-order valence-corrected chi connectivity index (χ2v) is 5.45. The molecule has 0 spiro atoms. The molecule has 1 aromatic carbocycles. The van der Waals surface area contributed by atoms with Gasteiger partial charge < -0.3 is 5.32 Å². The van der Waals surface area contributed by atoms with Crippen LogP contribution in [0, 0.1) is 12.8 Å². The molecule has 0 aromatic heterocycles. The van der Waals surface area contributed by atoms with Crippen LogP contribution in [0.15, 0.2) is 24.3 Å². The SMILES string of the molecule is Cc1cccc(CCNCC2CCCCC2)c1. The van der Waals surface area contributed by atoms with Crippen molar-refractivity contribution >= 4 is 0 Å². The van der Waals surface area contributed by atoms with Crippen molar-refractivity contribution < 1.29 is 0 Å². The summed E-state index contributed by atoms with van der Waals surface area (Å²) in [7, 11) is 0. The van der Waals surface area contributed by atoms with Gasteiger partial charge >= 0.3 is 0 Å². The molecular weight excluding hydrogens is 206 g/mol. The van der Waals surface area contributed by atoms with E-state index in [1.807, 2.05) is 0 Å². The number of nitrogens with one attached hydrogen (secondary N) is 1. The van der Waals surface area contributed by atoms with E-state index in [-0.39, 0.29) is 0 Å². The minimum absolute atomic E-state index is 0.946. The molecule has 0 atom stereocenters. The third-order valence-corrected chi connectivity index (χ3v) is 3.83. The van der Waals surface area contributed by atoms with E-state index in [2.05, 4.69) is 36.5 Å². The van der Waals surface area contributed by atoms with Crippen LogP contribution in [0.25, 0.3) is 0 Å². The first-order valence-electron chi connectivity index (χ1n) is 7.11. The molecular formula is C16H25N. The van der Waals surface area contributed by atoms with Crippen molar-refractivity contribution in [3.63, 3.8) is 0 Å². The maximum absolute atomic E-state index is 3.62. The Hall–Kier alpha value is -0.820. The standard InChI is InChI=1S/C16H25N/c1-14-6-5-9-15(12-14)10-11-17-13-16-7-3-2-4-8-16/h5-6,9,12,16-17H,2-4,7-8,10-11,13H2,1H3. The van der Waals surface area contributed by atoms with E-state index in [1.54, 1.807) is 0 Å². The highest BCUT2D eigenvalue weighted by Crippen LogP contribution is 2.22. The van der Waals surface area contributed by atoms with E-state index in [4.69, 9.17) is 0 Å². The van der Waals surface area contributed by atoms with E-state index in [0.29, 0.717) is 0 Å². The fourth-order valence-corrected chi connectivity index (χ4v) is 2.80. The van der Waals surface area contributed by atoms with Gasteiger partial charge in [0.15, 0.2) is 0 Å². The van der Waals surface area contributed by atoms with Crippen molar-refractivity contribution in [3.05, 3.63) is 35.4 Å². The normalized spacial score (nSPS) is 17.2. The van der Waals surface area contributed by atoms with Crippen molar-refractivity contribution in [1.29, 1.82) is 0 Å². The smallest absolute Gasteiger partial charge is 0.000823 e. The lowest BCUT2D eigenvalue weighted by atomic mass is 9.89. The molecule has 17 heavy (non-hydrogen) atoms. The maximum Gasteiger partial charge on any atom is -0.000823 e. The van der Waals surface area contributed by atoms with Gasteiger partial charge in [0.25, 0.3) is 0 Å². The zero-order chi connectivity index (χ0) is 11.9. The first-order valence-corrected chi connectivity index (χ1v) is 7.11. The van der Waals surface area contributed by atoms with E-state index >= 15 is 0 Å². The molecule has 1 aliphatic carbocycles. The van der Waals surface area contributed by atoms with E-state index in [0.717, 1.165) is 18.9 Å². The minimum atomic E-state index is 0.946. The topological polar surface area (TPSA) is 12.0 Å². The van der Waals surface area contributed by atoms with Crippen LogP contribution in [0.3, 0.4) is 0 Å². The molecule has 0 bridgehead atoms. The van der Waals surface area contributed by atoms with Crippen molar-refractivity contribution in [2.24, 2.45) is 5.92 Å². The summed E-state index contributed by atoms with van der Waals surface area (Å²) in [4.78, 5) is 0.